The average molecular weight is 898 g/mol. The van der Waals surface area contributed by atoms with E-state index < -0.39 is 51.1 Å². The van der Waals surface area contributed by atoms with Gasteiger partial charge in [-0.2, -0.15) is 0 Å². The topological polar surface area (TPSA) is 172 Å². The summed E-state index contributed by atoms with van der Waals surface area (Å²) in [4.78, 5) is 46.1. The molecule has 0 aliphatic heterocycles. The molecular weight excluding hydrogens is 806 g/mol. The number of carboxylic acids is 1. The number of hydrogen-bond acceptors (Lipinski definition) is 9. The number of carbonyl (C=O) groups excluding carboxylic acids is 2. The molecule has 12 heteroatoms. The number of rotatable bonds is 47. The summed E-state index contributed by atoms with van der Waals surface area (Å²) in [6.07, 6.45) is 50.8. The average Bonchev–Trinajstić information content (AvgIpc) is 3.25. The zero-order valence-electron chi connectivity index (χ0n) is 39.5. The summed E-state index contributed by atoms with van der Waals surface area (Å²) in [5.74, 6) is -2.43. The number of unbranched alkanes of at least 4 members (excludes halogenated alkanes) is 27. The van der Waals surface area contributed by atoms with Gasteiger partial charge in [0, 0.05) is 12.8 Å². The number of hydrogen-bond donors (Lipinski definition) is 3. The number of nitrogens with two attached hydrogens (primary N) is 1. The van der Waals surface area contributed by atoms with Crippen molar-refractivity contribution in [3.8, 4) is 0 Å². The first kappa shape index (κ1) is 59.7. The van der Waals surface area contributed by atoms with E-state index >= 15 is 0 Å². The molecule has 0 fully saturated rings. The highest BCUT2D eigenvalue weighted by atomic mass is 31.2. The summed E-state index contributed by atoms with van der Waals surface area (Å²) in [5, 5.41) is 8.91. The van der Waals surface area contributed by atoms with Crippen LogP contribution in [-0.4, -0.2) is 59.9 Å². The van der Waals surface area contributed by atoms with E-state index in [0.717, 1.165) is 38.5 Å². The molecule has 0 aliphatic rings. The van der Waals surface area contributed by atoms with Gasteiger partial charge in [-0.15, -0.1) is 0 Å². The SMILES string of the molecule is CCCCCCCC/C=C/C/C=C/C/C=C/CCCC(=O)OC[C@H](COP(=O)(O)OC[C@H](N)C(=O)O)OC(=O)CCCCCCCCCCCCCCCCCCCCCCC. The number of allylic oxidation sites excluding steroid dienone is 6. The lowest BCUT2D eigenvalue weighted by Gasteiger charge is -2.20. The molecule has 0 radical (unpaired) electrons. The van der Waals surface area contributed by atoms with E-state index in [1.165, 1.54) is 148 Å². The molecule has 0 aromatic rings. The van der Waals surface area contributed by atoms with Gasteiger partial charge in [-0.05, 0) is 44.9 Å². The number of esters is 2. The monoisotopic (exact) mass is 898 g/mol. The minimum absolute atomic E-state index is 0.152. The number of carbonyl (C=O) groups is 3. The minimum atomic E-state index is -4.73. The van der Waals surface area contributed by atoms with E-state index in [1.54, 1.807) is 0 Å². The van der Waals surface area contributed by atoms with Gasteiger partial charge in [0.15, 0.2) is 6.10 Å². The van der Waals surface area contributed by atoms with Crippen LogP contribution in [0.1, 0.15) is 232 Å². The summed E-state index contributed by atoms with van der Waals surface area (Å²) in [6, 6.07) is -1.53. The molecule has 3 atom stereocenters. The number of phosphoric ester groups is 1. The molecule has 0 spiro atoms. The molecule has 62 heavy (non-hydrogen) atoms. The van der Waals surface area contributed by atoms with Crippen molar-refractivity contribution in [3.63, 3.8) is 0 Å². The first-order valence-electron chi connectivity index (χ1n) is 25.0. The fourth-order valence-corrected chi connectivity index (χ4v) is 7.74. The van der Waals surface area contributed by atoms with Crippen molar-refractivity contribution in [2.75, 3.05) is 19.8 Å². The highest BCUT2D eigenvalue weighted by Crippen LogP contribution is 2.43. The molecule has 0 saturated carbocycles. The first-order chi connectivity index (χ1) is 30.1. The van der Waals surface area contributed by atoms with Gasteiger partial charge < -0.3 is 25.2 Å². The maximum Gasteiger partial charge on any atom is 0.472 e. The Morgan fingerprint density at radius 3 is 1.32 bits per heavy atom. The van der Waals surface area contributed by atoms with E-state index in [4.69, 9.17) is 24.8 Å². The predicted molar refractivity (Wildman–Crippen MR) is 254 cm³/mol. The molecule has 0 aromatic heterocycles. The number of aliphatic carboxylic acids is 1. The normalized spacial score (nSPS) is 13.9. The highest BCUT2D eigenvalue weighted by Gasteiger charge is 2.28. The zero-order chi connectivity index (χ0) is 45.6. The summed E-state index contributed by atoms with van der Waals surface area (Å²) in [5.41, 5.74) is 5.35. The van der Waals surface area contributed by atoms with Gasteiger partial charge in [0.2, 0.25) is 0 Å². The molecule has 0 rings (SSSR count). The molecule has 0 heterocycles. The van der Waals surface area contributed by atoms with Crippen LogP contribution in [0.3, 0.4) is 0 Å². The van der Waals surface area contributed by atoms with Crippen LogP contribution in [0, 0.1) is 0 Å². The molecule has 4 N–H and O–H groups in total. The van der Waals surface area contributed by atoms with Crippen molar-refractivity contribution < 1.29 is 47.5 Å². The Morgan fingerprint density at radius 2 is 0.871 bits per heavy atom. The summed E-state index contributed by atoms with van der Waals surface area (Å²) < 4.78 is 32.8. The fraction of sp³-hybridized carbons (Fsp3) is 0.820. The van der Waals surface area contributed by atoms with Gasteiger partial charge in [-0.25, -0.2) is 4.57 Å². The van der Waals surface area contributed by atoms with E-state index in [2.05, 4.69) is 48.8 Å². The van der Waals surface area contributed by atoms with Gasteiger partial charge in [-0.1, -0.05) is 211 Å². The van der Waals surface area contributed by atoms with E-state index in [1.807, 2.05) is 6.08 Å². The third kappa shape index (κ3) is 44.3. The first-order valence-corrected chi connectivity index (χ1v) is 26.5. The Hall–Kier alpha value is -2.30. The van der Waals surface area contributed by atoms with Crippen LogP contribution in [0.25, 0.3) is 0 Å². The summed E-state index contributed by atoms with van der Waals surface area (Å²) in [6.45, 7) is 2.78. The third-order valence-corrected chi connectivity index (χ3v) is 11.8. The largest absolute Gasteiger partial charge is 0.480 e. The third-order valence-electron chi connectivity index (χ3n) is 10.9. The Morgan fingerprint density at radius 1 is 0.500 bits per heavy atom. The highest BCUT2D eigenvalue weighted by molar-refractivity contribution is 7.47. The lowest BCUT2D eigenvalue weighted by Crippen LogP contribution is -2.34. The fourth-order valence-electron chi connectivity index (χ4n) is 6.97. The second kappa shape index (κ2) is 45.3. The van der Waals surface area contributed by atoms with Crippen molar-refractivity contribution in [2.45, 2.75) is 244 Å². The molecule has 0 bridgehead atoms. The van der Waals surface area contributed by atoms with Crippen LogP contribution in [0.2, 0.25) is 0 Å². The lowest BCUT2D eigenvalue weighted by atomic mass is 10.0. The Kier molecular flexibility index (Phi) is 43.6. The Balaban J connectivity index is 4.30. The molecule has 0 aromatic carbocycles. The van der Waals surface area contributed by atoms with Crippen molar-refractivity contribution >= 4 is 25.7 Å². The van der Waals surface area contributed by atoms with Crippen molar-refractivity contribution in [1.29, 1.82) is 0 Å². The summed E-state index contributed by atoms with van der Waals surface area (Å²) >= 11 is 0. The lowest BCUT2D eigenvalue weighted by molar-refractivity contribution is -0.161. The molecule has 0 saturated heterocycles. The van der Waals surface area contributed by atoms with Gasteiger partial charge >= 0.3 is 25.7 Å². The van der Waals surface area contributed by atoms with E-state index in [0.29, 0.717) is 19.3 Å². The number of phosphoric acid groups is 1. The van der Waals surface area contributed by atoms with E-state index in [9.17, 15) is 23.8 Å². The smallest absolute Gasteiger partial charge is 0.472 e. The quantitative estimate of drug-likeness (QED) is 0.0230. The van der Waals surface area contributed by atoms with Gasteiger partial charge in [0.1, 0.15) is 12.6 Å². The zero-order valence-corrected chi connectivity index (χ0v) is 40.4. The van der Waals surface area contributed by atoms with Gasteiger partial charge in [0.05, 0.1) is 13.2 Å². The van der Waals surface area contributed by atoms with Crippen LogP contribution in [-0.2, 0) is 37.5 Å². The minimum Gasteiger partial charge on any atom is -0.480 e. The van der Waals surface area contributed by atoms with Crippen LogP contribution < -0.4 is 5.73 Å². The maximum atomic E-state index is 12.7. The summed E-state index contributed by atoms with van der Waals surface area (Å²) in [7, 11) is -4.73. The number of ether oxygens (including phenoxy) is 2. The van der Waals surface area contributed by atoms with Crippen molar-refractivity contribution in [1.82, 2.24) is 0 Å². The van der Waals surface area contributed by atoms with Crippen LogP contribution in [0.4, 0.5) is 0 Å². The second-order valence-electron chi connectivity index (χ2n) is 17.0. The van der Waals surface area contributed by atoms with Gasteiger partial charge in [-0.3, -0.25) is 23.4 Å². The molecule has 0 aliphatic carbocycles. The molecule has 1 unspecified atom stereocenters. The molecule has 11 nitrogen and oxygen atoms in total. The Bertz CT molecular complexity index is 1190. The molecular formula is C50H92NO10P. The van der Waals surface area contributed by atoms with Crippen molar-refractivity contribution in [3.05, 3.63) is 36.5 Å². The predicted octanol–water partition coefficient (Wildman–Crippen LogP) is 14.0. The van der Waals surface area contributed by atoms with Crippen molar-refractivity contribution in [2.24, 2.45) is 5.73 Å². The second-order valence-corrected chi connectivity index (χ2v) is 18.4. The van der Waals surface area contributed by atoms with Crippen LogP contribution >= 0.6 is 7.82 Å². The van der Waals surface area contributed by atoms with Gasteiger partial charge in [0.25, 0.3) is 0 Å². The van der Waals surface area contributed by atoms with Crippen LogP contribution in [0.5, 0.6) is 0 Å². The van der Waals surface area contributed by atoms with Crippen LogP contribution in [0.15, 0.2) is 36.5 Å². The number of carboxylic acid groups (broad SMARTS) is 1. The van der Waals surface area contributed by atoms with E-state index in [-0.39, 0.29) is 19.4 Å². The Labute approximate surface area is 378 Å². The molecule has 362 valence electrons. The standard InChI is InChI=1S/C50H92NO10P/c1-3-5-7-9-11-13-15-17-19-21-22-23-24-26-28-30-32-34-36-38-40-42-49(53)61-46(44-59-62(56,57)60-45-47(51)50(54)55)43-58-48(52)41-39-37-35-33-31-29-27-25-20-18-16-14-12-10-8-6-4-2/h18,20,27,29,33,35,46-47H,3-17,19,21-26,28,30-32,34,36-45,51H2,1-2H3,(H,54,55)(H,56,57)/b20-18+,29-27+,35-33+/t46-,47+/m1/s1. The maximum absolute atomic E-state index is 12.7. The molecule has 0 amide bonds.